The fourth-order valence-corrected chi connectivity index (χ4v) is 3.50. The molecule has 0 aliphatic carbocycles. The van der Waals surface area contributed by atoms with Crippen molar-refractivity contribution in [1.82, 2.24) is 24.6 Å². The molecular formula is C19H21N5O2. The molecule has 4 rings (SSSR count). The lowest BCUT2D eigenvalue weighted by Gasteiger charge is -2.27. The van der Waals surface area contributed by atoms with Crippen molar-refractivity contribution in [1.29, 1.82) is 0 Å². The Kier molecular flexibility index (Phi) is 4.38. The summed E-state index contributed by atoms with van der Waals surface area (Å²) in [7, 11) is 1.64. The highest BCUT2D eigenvalue weighted by Gasteiger charge is 2.27. The molecule has 0 bridgehead atoms. The summed E-state index contributed by atoms with van der Waals surface area (Å²) in [6.45, 7) is 3.77. The van der Waals surface area contributed by atoms with E-state index in [1.54, 1.807) is 13.3 Å². The zero-order valence-corrected chi connectivity index (χ0v) is 14.9. The van der Waals surface area contributed by atoms with Gasteiger partial charge < -0.3 is 14.2 Å². The van der Waals surface area contributed by atoms with E-state index in [0.29, 0.717) is 31.7 Å². The molecule has 134 valence electrons. The van der Waals surface area contributed by atoms with E-state index in [4.69, 9.17) is 4.74 Å². The maximum Gasteiger partial charge on any atom is 0.254 e. The molecule has 2 aromatic heterocycles. The van der Waals surface area contributed by atoms with Gasteiger partial charge in [-0.2, -0.15) is 0 Å². The van der Waals surface area contributed by atoms with Crippen molar-refractivity contribution in [2.24, 2.45) is 0 Å². The first-order valence-electron chi connectivity index (χ1n) is 8.73. The molecule has 0 saturated carbocycles. The van der Waals surface area contributed by atoms with Gasteiger partial charge in [-0.1, -0.05) is 6.07 Å². The molecule has 7 heteroatoms. The molecule has 3 aromatic rings. The van der Waals surface area contributed by atoms with Gasteiger partial charge in [0, 0.05) is 49.8 Å². The second-order valence-corrected chi connectivity index (χ2v) is 6.58. The predicted octanol–water partition coefficient (Wildman–Crippen LogP) is 2.06. The lowest BCUT2D eigenvalue weighted by Crippen LogP contribution is -2.40. The monoisotopic (exact) mass is 351 g/mol. The van der Waals surface area contributed by atoms with Crippen LogP contribution in [0.25, 0.3) is 10.9 Å². The average Bonchev–Trinajstić information content (AvgIpc) is 2.94. The van der Waals surface area contributed by atoms with Crippen LogP contribution in [0.4, 0.5) is 0 Å². The smallest absolute Gasteiger partial charge is 0.254 e. The highest BCUT2D eigenvalue weighted by Crippen LogP contribution is 2.20. The van der Waals surface area contributed by atoms with E-state index < -0.39 is 0 Å². The predicted molar refractivity (Wildman–Crippen MR) is 96.7 cm³/mol. The van der Waals surface area contributed by atoms with Crippen molar-refractivity contribution < 1.29 is 9.53 Å². The molecule has 26 heavy (non-hydrogen) atoms. The Hall–Kier alpha value is -2.80. The number of amides is 1. The van der Waals surface area contributed by atoms with Crippen LogP contribution in [0.3, 0.4) is 0 Å². The van der Waals surface area contributed by atoms with Crippen LogP contribution in [-0.2, 0) is 24.3 Å². The summed E-state index contributed by atoms with van der Waals surface area (Å²) >= 11 is 0. The average molecular weight is 351 g/mol. The minimum atomic E-state index is 0.0373. The maximum atomic E-state index is 13.1. The molecule has 0 unspecified atom stereocenters. The number of methoxy groups -OCH3 is 1. The summed E-state index contributed by atoms with van der Waals surface area (Å²) in [5, 5.41) is 9.46. The Balaban J connectivity index is 1.59. The Labute approximate surface area is 151 Å². The van der Waals surface area contributed by atoms with E-state index in [-0.39, 0.29) is 11.9 Å². The van der Waals surface area contributed by atoms with Crippen LogP contribution in [0.15, 0.2) is 36.5 Å². The quantitative estimate of drug-likeness (QED) is 0.722. The van der Waals surface area contributed by atoms with Crippen LogP contribution in [0, 0.1) is 0 Å². The topological polar surface area (TPSA) is 73.1 Å². The first-order valence-corrected chi connectivity index (χ1v) is 8.73. The van der Waals surface area contributed by atoms with Crippen LogP contribution in [-0.4, -0.2) is 50.3 Å². The number of fused-ring (bicyclic) bond motifs is 2. The molecular weight excluding hydrogens is 330 g/mol. The summed E-state index contributed by atoms with van der Waals surface area (Å²) in [6.07, 6.45) is 2.44. The number of carbonyl (C=O) groups excluding carboxylic acids is 1. The number of carbonyl (C=O) groups is 1. The zero-order chi connectivity index (χ0) is 18.1. The van der Waals surface area contributed by atoms with E-state index in [1.807, 2.05) is 35.2 Å². The summed E-state index contributed by atoms with van der Waals surface area (Å²) in [5.74, 6) is 1.75. The van der Waals surface area contributed by atoms with E-state index in [9.17, 15) is 4.79 Å². The molecule has 1 atom stereocenters. The third kappa shape index (κ3) is 2.94. The minimum absolute atomic E-state index is 0.0373. The third-order valence-corrected chi connectivity index (χ3v) is 4.86. The zero-order valence-electron chi connectivity index (χ0n) is 14.9. The Bertz CT molecular complexity index is 952. The minimum Gasteiger partial charge on any atom is -0.377 e. The summed E-state index contributed by atoms with van der Waals surface area (Å²) < 4.78 is 7.26. The number of ether oxygens (including phenoxy) is 1. The van der Waals surface area contributed by atoms with Crippen LogP contribution in [0.1, 0.15) is 28.9 Å². The number of rotatable bonds is 3. The van der Waals surface area contributed by atoms with Crippen molar-refractivity contribution in [3.05, 3.63) is 53.7 Å². The fraction of sp³-hybridized carbons (Fsp3) is 0.368. The van der Waals surface area contributed by atoms with Gasteiger partial charge in [-0.3, -0.25) is 9.78 Å². The largest absolute Gasteiger partial charge is 0.377 e. The van der Waals surface area contributed by atoms with Gasteiger partial charge >= 0.3 is 0 Å². The summed E-state index contributed by atoms with van der Waals surface area (Å²) in [6, 6.07) is 9.58. The first kappa shape index (κ1) is 16.7. The molecule has 7 nitrogen and oxygen atoms in total. The summed E-state index contributed by atoms with van der Waals surface area (Å²) in [5.41, 5.74) is 1.58. The maximum absolute atomic E-state index is 13.1. The second-order valence-electron chi connectivity index (χ2n) is 6.58. The van der Waals surface area contributed by atoms with Crippen LogP contribution < -0.4 is 0 Å². The van der Waals surface area contributed by atoms with Gasteiger partial charge in [0.1, 0.15) is 12.4 Å². The molecule has 0 radical (unpaired) electrons. The van der Waals surface area contributed by atoms with Gasteiger partial charge in [0.05, 0.1) is 5.52 Å². The van der Waals surface area contributed by atoms with E-state index in [2.05, 4.69) is 26.7 Å². The van der Waals surface area contributed by atoms with Gasteiger partial charge in [-0.05, 0) is 31.2 Å². The first-order chi connectivity index (χ1) is 12.7. The highest BCUT2D eigenvalue weighted by molar-refractivity contribution is 5.98. The number of hydrogen-bond acceptors (Lipinski definition) is 5. The normalized spacial score (nSPS) is 17.2. The Morgan fingerprint density at radius 3 is 3.00 bits per heavy atom. The molecule has 1 amide bonds. The molecule has 0 N–H and O–H groups in total. The molecule has 1 aliphatic heterocycles. The van der Waals surface area contributed by atoms with E-state index >= 15 is 0 Å². The third-order valence-electron chi connectivity index (χ3n) is 4.86. The van der Waals surface area contributed by atoms with Crippen LogP contribution in [0.2, 0.25) is 0 Å². The molecule has 0 saturated heterocycles. The molecule has 1 aliphatic rings. The van der Waals surface area contributed by atoms with Gasteiger partial charge in [-0.25, -0.2) is 0 Å². The Morgan fingerprint density at radius 1 is 1.27 bits per heavy atom. The number of aromatic nitrogens is 4. The van der Waals surface area contributed by atoms with Crippen LogP contribution >= 0.6 is 0 Å². The van der Waals surface area contributed by atoms with E-state index in [1.165, 1.54) is 0 Å². The second kappa shape index (κ2) is 6.84. The van der Waals surface area contributed by atoms with Crippen molar-refractivity contribution in [2.75, 3.05) is 13.7 Å². The molecule has 3 heterocycles. The van der Waals surface area contributed by atoms with Crippen molar-refractivity contribution in [2.45, 2.75) is 32.5 Å². The van der Waals surface area contributed by atoms with Crippen molar-refractivity contribution >= 4 is 16.8 Å². The van der Waals surface area contributed by atoms with Crippen LogP contribution in [0.5, 0.6) is 0 Å². The van der Waals surface area contributed by atoms with Gasteiger partial charge in [0.25, 0.3) is 5.91 Å². The number of pyridine rings is 1. The lowest BCUT2D eigenvalue weighted by molar-refractivity contribution is 0.0695. The van der Waals surface area contributed by atoms with E-state index in [0.717, 1.165) is 22.6 Å². The number of hydrogen-bond donors (Lipinski definition) is 0. The van der Waals surface area contributed by atoms with Crippen molar-refractivity contribution in [3.8, 4) is 0 Å². The lowest BCUT2D eigenvalue weighted by atomic mass is 10.1. The highest BCUT2D eigenvalue weighted by atomic mass is 16.5. The SMILES string of the molecule is COCc1nnc2n1CCN(C(=O)c1ccc3ncccc3c1)[C@H](C)C2. The fourth-order valence-electron chi connectivity index (χ4n) is 3.50. The van der Waals surface area contributed by atoms with Gasteiger partial charge in [-0.15, -0.1) is 10.2 Å². The molecule has 0 spiro atoms. The standard InChI is InChI=1S/C19H21N5O2/c1-13-10-17-21-22-18(12-26-2)24(17)9-8-23(13)19(25)15-5-6-16-14(11-15)4-3-7-20-16/h3-7,11,13H,8-10,12H2,1-2H3/t13-/m1/s1. The molecule has 0 fully saturated rings. The van der Waals surface area contributed by atoms with Gasteiger partial charge in [0.15, 0.2) is 5.82 Å². The van der Waals surface area contributed by atoms with Crippen molar-refractivity contribution in [3.63, 3.8) is 0 Å². The number of benzene rings is 1. The summed E-state index contributed by atoms with van der Waals surface area (Å²) in [4.78, 5) is 19.4. The molecule has 1 aromatic carbocycles. The number of nitrogens with zero attached hydrogens (tertiary/aromatic N) is 5. The Morgan fingerprint density at radius 2 is 2.15 bits per heavy atom. The van der Waals surface area contributed by atoms with Gasteiger partial charge in [0.2, 0.25) is 0 Å².